The number of aldehydes is 1. The molecule has 1 aromatic rings. The Balaban J connectivity index is 3.06. The Morgan fingerprint density at radius 1 is 1.55 bits per heavy atom. The van der Waals surface area contributed by atoms with Gasteiger partial charge >= 0.3 is 0 Å². The molecule has 0 aliphatic carbocycles. The molecule has 0 N–H and O–H groups in total. The topological polar surface area (TPSA) is 17.1 Å². The van der Waals surface area contributed by atoms with E-state index in [-0.39, 0.29) is 0 Å². The summed E-state index contributed by atoms with van der Waals surface area (Å²) < 4.78 is 0. The summed E-state index contributed by atoms with van der Waals surface area (Å²) in [5, 5.41) is 0. The average Bonchev–Trinajstić information content (AvgIpc) is 2.30. The van der Waals surface area contributed by atoms with Gasteiger partial charge in [0.2, 0.25) is 0 Å². The van der Waals surface area contributed by atoms with Gasteiger partial charge in [0.05, 0.1) is 4.88 Å². The molecule has 1 nitrogen and oxygen atoms in total. The molecular weight excluding hydrogens is 156 g/mol. The van der Waals surface area contributed by atoms with Crippen LogP contribution in [0.1, 0.15) is 39.9 Å². The molecule has 0 saturated carbocycles. The fraction of sp³-hybridized carbons (Fsp3) is 0.444. The molecule has 0 aromatic carbocycles. The van der Waals surface area contributed by atoms with Gasteiger partial charge < -0.3 is 0 Å². The van der Waals surface area contributed by atoms with E-state index < -0.39 is 0 Å². The van der Waals surface area contributed by atoms with E-state index in [0.29, 0.717) is 5.92 Å². The van der Waals surface area contributed by atoms with Gasteiger partial charge in [0.15, 0.2) is 6.29 Å². The van der Waals surface area contributed by atoms with Crippen LogP contribution in [0.4, 0.5) is 0 Å². The van der Waals surface area contributed by atoms with Gasteiger partial charge in [-0.1, -0.05) is 13.8 Å². The molecule has 0 fully saturated rings. The molecular formula is C9H12OS. The first-order chi connectivity index (χ1) is 5.15. The highest BCUT2D eigenvalue weighted by atomic mass is 32.1. The van der Waals surface area contributed by atoms with Gasteiger partial charge in [-0.15, -0.1) is 11.3 Å². The van der Waals surface area contributed by atoms with E-state index in [2.05, 4.69) is 20.8 Å². The summed E-state index contributed by atoms with van der Waals surface area (Å²) in [6, 6.07) is 1.98. The molecule has 0 aliphatic heterocycles. The quantitative estimate of drug-likeness (QED) is 0.620. The molecule has 0 amide bonds. The smallest absolute Gasteiger partial charge is 0.160 e. The molecule has 11 heavy (non-hydrogen) atoms. The molecule has 0 spiro atoms. The lowest BCUT2D eigenvalue weighted by Crippen LogP contribution is -1.84. The van der Waals surface area contributed by atoms with Crippen LogP contribution in [0.3, 0.4) is 0 Å². The number of rotatable bonds is 2. The zero-order chi connectivity index (χ0) is 8.43. The van der Waals surface area contributed by atoms with Crippen molar-refractivity contribution in [1.29, 1.82) is 0 Å². The molecule has 0 radical (unpaired) electrons. The van der Waals surface area contributed by atoms with Crippen molar-refractivity contribution in [1.82, 2.24) is 0 Å². The number of thiophene rings is 1. The molecule has 2 heteroatoms. The van der Waals surface area contributed by atoms with Crippen molar-refractivity contribution < 1.29 is 4.79 Å². The number of hydrogen-bond acceptors (Lipinski definition) is 2. The highest BCUT2D eigenvalue weighted by molar-refractivity contribution is 7.13. The second kappa shape index (κ2) is 3.18. The average molecular weight is 168 g/mol. The summed E-state index contributed by atoms with van der Waals surface area (Å²) in [4.78, 5) is 12.5. The van der Waals surface area contributed by atoms with E-state index in [1.807, 2.05) is 6.07 Å². The van der Waals surface area contributed by atoms with Gasteiger partial charge in [-0.05, 0) is 24.5 Å². The van der Waals surface area contributed by atoms with Gasteiger partial charge in [0, 0.05) is 4.88 Å². The fourth-order valence-corrected chi connectivity index (χ4v) is 2.15. The zero-order valence-corrected chi connectivity index (χ0v) is 7.87. The van der Waals surface area contributed by atoms with Crippen molar-refractivity contribution in [3.05, 3.63) is 21.4 Å². The van der Waals surface area contributed by atoms with Crippen LogP contribution in [0.5, 0.6) is 0 Å². The summed E-state index contributed by atoms with van der Waals surface area (Å²) >= 11 is 1.57. The van der Waals surface area contributed by atoms with Gasteiger partial charge in [-0.2, -0.15) is 0 Å². The summed E-state index contributed by atoms with van der Waals surface area (Å²) in [5.41, 5.74) is 1.30. The Morgan fingerprint density at radius 3 is 2.45 bits per heavy atom. The van der Waals surface area contributed by atoms with Crippen LogP contribution in [0.2, 0.25) is 0 Å². The predicted octanol–water partition coefficient (Wildman–Crippen LogP) is 2.99. The lowest BCUT2D eigenvalue weighted by atomic mass is 10.0. The van der Waals surface area contributed by atoms with E-state index in [1.54, 1.807) is 11.3 Å². The maximum absolute atomic E-state index is 10.4. The largest absolute Gasteiger partial charge is 0.297 e. The minimum Gasteiger partial charge on any atom is -0.297 e. The van der Waals surface area contributed by atoms with E-state index in [9.17, 15) is 4.79 Å². The monoisotopic (exact) mass is 168 g/mol. The van der Waals surface area contributed by atoms with E-state index >= 15 is 0 Å². The second-order valence-electron chi connectivity index (χ2n) is 2.93. The highest BCUT2D eigenvalue weighted by Gasteiger charge is 2.07. The third-order valence-electron chi connectivity index (χ3n) is 1.71. The fourth-order valence-electron chi connectivity index (χ4n) is 1.15. The molecule has 0 bridgehead atoms. The molecule has 60 valence electrons. The molecule has 1 aromatic heterocycles. The summed E-state index contributed by atoms with van der Waals surface area (Å²) in [5.74, 6) is 0.528. The predicted molar refractivity (Wildman–Crippen MR) is 48.5 cm³/mol. The van der Waals surface area contributed by atoms with Crippen LogP contribution in [0, 0.1) is 6.92 Å². The molecule has 1 heterocycles. The first-order valence-corrected chi connectivity index (χ1v) is 4.52. The van der Waals surface area contributed by atoms with Crippen LogP contribution in [0.25, 0.3) is 0 Å². The van der Waals surface area contributed by atoms with Crippen LogP contribution in [-0.4, -0.2) is 6.29 Å². The number of carbonyl (C=O) groups excluding carboxylic acids is 1. The number of hydrogen-bond donors (Lipinski definition) is 0. The summed E-state index contributed by atoms with van der Waals surface area (Å²) in [6.07, 6.45) is 0.920. The van der Waals surface area contributed by atoms with Gasteiger partial charge in [-0.25, -0.2) is 0 Å². The van der Waals surface area contributed by atoms with Crippen LogP contribution in [-0.2, 0) is 0 Å². The second-order valence-corrected chi connectivity index (χ2v) is 4.22. The minimum absolute atomic E-state index is 0.528. The van der Waals surface area contributed by atoms with Crippen molar-refractivity contribution in [3.63, 3.8) is 0 Å². The van der Waals surface area contributed by atoms with Crippen molar-refractivity contribution in [2.45, 2.75) is 26.7 Å². The normalized spacial score (nSPS) is 10.5. The SMILES string of the molecule is Cc1sc(C=O)cc1C(C)C. The number of carbonyl (C=O) groups is 1. The first kappa shape index (κ1) is 8.47. The van der Waals surface area contributed by atoms with Crippen LogP contribution >= 0.6 is 11.3 Å². The zero-order valence-electron chi connectivity index (χ0n) is 7.05. The highest BCUT2D eigenvalue weighted by Crippen LogP contribution is 2.26. The van der Waals surface area contributed by atoms with Crippen molar-refractivity contribution in [2.24, 2.45) is 0 Å². The lowest BCUT2D eigenvalue weighted by Gasteiger charge is -2.00. The lowest BCUT2D eigenvalue weighted by molar-refractivity contribution is 0.112. The maximum atomic E-state index is 10.4. The van der Waals surface area contributed by atoms with E-state index in [4.69, 9.17) is 0 Å². The first-order valence-electron chi connectivity index (χ1n) is 3.70. The van der Waals surface area contributed by atoms with Crippen LogP contribution in [0.15, 0.2) is 6.07 Å². The molecule has 0 aliphatic rings. The Morgan fingerprint density at radius 2 is 2.18 bits per heavy atom. The molecule has 1 rings (SSSR count). The Kier molecular flexibility index (Phi) is 2.45. The minimum atomic E-state index is 0.528. The Hall–Kier alpha value is -0.630. The molecule has 0 unspecified atom stereocenters. The third-order valence-corrected chi connectivity index (χ3v) is 2.71. The summed E-state index contributed by atoms with van der Waals surface area (Å²) in [7, 11) is 0. The van der Waals surface area contributed by atoms with Crippen molar-refractivity contribution >= 4 is 17.6 Å². The van der Waals surface area contributed by atoms with Crippen LogP contribution < -0.4 is 0 Å². The van der Waals surface area contributed by atoms with Gasteiger partial charge in [0.25, 0.3) is 0 Å². The van der Waals surface area contributed by atoms with Gasteiger partial charge in [0.1, 0.15) is 0 Å². The third kappa shape index (κ3) is 1.69. The van der Waals surface area contributed by atoms with Crippen molar-refractivity contribution in [3.8, 4) is 0 Å². The molecule has 0 atom stereocenters. The number of aryl methyl sites for hydroxylation is 1. The molecule has 0 saturated heterocycles. The van der Waals surface area contributed by atoms with Gasteiger partial charge in [-0.3, -0.25) is 4.79 Å². The Bertz CT molecular complexity index is 261. The standard InChI is InChI=1S/C9H12OS/c1-6(2)9-4-8(5-10)11-7(9)3/h4-6H,1-3H3. The van der Waals surface area contributed by atoms with E-state index in [1.165, 1.54) is 10.4 Å². The Labute approximate surface area is 71.1 Å². The van der Waals surface area contributed by atoms with Crippen molar-refractivity contribution in [2.75, 3.05) is 0 Å². The maximum Gasteiger partial charge on any atom is 0.160 e. The van der Waals surface area contributed by atoms with E-state index in [0.717, 1.165) is 11.2 Å². The summed E-state index contributed by atoms with van der Waals surface area (Å²) in [6.45, 7) is 6.35.